The molecular weight excluding hydrogens is 204 g/mol. The normalized spacial score (nSPS) is 32.6. The van der Waals surface area contributed by atoms with Crippen molar-refractivity contribution in [3.05, 3.63) is 0 Å². The van der Waals surface area contributed by atoms with Gasteiger partial charge >= 0.3 is 0 Å². The van der Waals surface area contributed by atoms with Crippen molar-refractivity contribution >= 4 is 15.4 Å². The molecule has 0 N–H and O–H groups in total. The third-order valence-corrected chi connectivity index (χ3v) is 21.3. The zero-order chi connectivity index (χ0) is 11.4. The van der Waals surface area contributed by atoms with Crippen molar-refractivity contribution in [2.24, 2.45) is 5.41 Å². The van der Waals surface area contributed by atoms with E-state index in [2.05, 4.69) is 53.9 Å². The molecule has 0 bridgehead atoms. The Morgan fingerprint density at radius 2 is 1.36 bits per heavy atom. The fraction of sp³-hybridized carbons (Fsp3) is 1.00. The highest BCUT2D eigenvalue weighted by Crippen LogP contribution is 2.49. The third kappa shape index (κ3) is 1.74. The van der Waals surface area contributed by atoms with Gasteiger partial charge in [0.1, 0.15) is 0 Å². The molecular formula is C11H26OSi2. The molecule has 1 fully saturated rings. The van der Waals surface area contributed by atoms with Crippen LogP contribution >= 0.6 is 0 Å². The topological polar surface area (TPSA) is 9.23 Å². The molecule has 0 unspecified atom stereocenters. The molecule has 3 heteroatoms. The van der Waals surface area contributed by atoms with Crippen LogP contribution in [0.2, 0.25) is 32.2 Å². The van der Waals surface area contributed by atoms with Crippen molar-refractivity contribution in [3.8, 4) is 0 Å². The monoisotopic (exact) mass is 230 g/mol. The average molecular weight is 230 g/mol. The molecule has 1 aliphatic rings. The molecule has 0 aromatic carbocycles. The van der Waals surface area contributed by atoms with Crippen molar-refractivity contribution in [1.29, 1.82) is 0 Å². The highest BCUT2D eigenvalue weighted by molar-refractivity contribution is 7.38. The van der Waals surface area contributed by atoms with Gasteiger partial charge in [-0.25, -0.2) is 0 Å². The van der Waals surface area contributed by atoms with Crippen molar-refractivity contribution in [2.45, 2.75) is 65.5 Å². The Kier molecular flexibility index (Phi) is 2.63. The van der Waals surface area contributed by atoms with Gasteiger partial charge in [-0.2, -0.15) is 0 Å². The summed E-state index contributed by atoms with van der Waals surface area (Å²) >= 11 is 0. The second-order valence-electron chi connectivity index (χ2n) is 7.07. The van der Waals surface area contributed by atoms with E-state index in [1.54, 1.807) is 0 Å². The van der Waals surface area contributed by atoms with Gasteiger partial charge in [-0.1, -0.05) is 26.9 Å². The molecule has 0 atom stereocenters. The van der Waals surface area contributed by atoms with E-state index >= 15 is 0 Å². The minimum atomic E-state index is -1.40. The lowest BCUT2D eigenvalue weighted by Gasteiger charge is -2.58. The highest BCUT2D eigenvalue weighted by Gasteiger charge is 2.57. The van der Waals surface area contributed by atoms with E-state index in [1.807, 2.05) is 0 Å². The minimum Gasteiger partial charge on any atom is -0.415 e. The second-order valence-corrected chi connectivity index (χ2v) is 22.1. The number of hydrogen-bond donors (Lipinski definition) is 0. The quantitative estimate of drug-likeness (QED) is 0.575. The summed E-state index contributed by atoms with van der Waals surface area (Å²) in [6, 6.07) is 1.41. The molecule has 14 heavy (non-hydrogen) atoms. The van der Waals surface area contributed by atoms with E-state index in [9.17, 15) is 0 Å². The van der Waals surface area contributed by atoms with Gasteiger partial charge in [0.15, 0.2) is 7.83 Å². The van der Waals surface area contributed by atoms with Gasteiger partial charge in [0, 0.05) is 0 Å². The first-order valence-corrected chi connectivity index (χ1v) is 12.7. The van der Waals surface area contributed by atoms with Crippen LogP contribution in [0, 0.1) is 5.41 Å². The first-order valence-electron chi connectivity index (χ1n) is 5.62. The van der Waals surface area contributed by atoms with Gasteiger partial charge < -0.3 is 4.43 Å². The average Bonchev–Trinajstić information content (AvgIpc) is 1.78. The Bertz CT molecular complexity index is 192. The van der Waals surface area contributed by atoms with E-state index in [1.165, 1.54) is 6.04 Å². The minimum absolute atomic E-state index is 0.0608. The molecule has 1 heterocycles. The van der Waals surface area contributed by atoms with Crippen LogP contribution < -0.4 is 0 Å². The van der Waals surface area contributed by atoms with E-state index < -0.39 is 15.4 Å². The third-order valence-electron chi connectivity index (χ3n) is 4.65. The maximum atomic E-state index is 6.49. The van der Waals surface area contributed by atoms with E-state index in [0.29, 0.717) is 5.41 Å². The number of hydrogen-bond acceptors (Lipinski definition) is 1. The molecule has 0 radical (unpaired) electrons. The smallest absolute Gasteiger partial charge is 0.174 e. The Hall–Kier alpha value is 0.394. The van der Waals surface area contributed by atoms with Crippen molar-refractivity contribution in [3.63, 3.8) is 0 Å². The molecule has 1 aliphatic heterocycles. The van der Waals surface area contributed by atoms with Crippen LogP contribution in [0.5, 0.6) is 0 Å². The Labute approximate surface area is 91.2 Å². The molecule has 0 spiro atoms. The second kappa shape index (κ2) is 2.95. The van der Waals surface area contributed by atoms with Crippen LogP contribution in [0.25, 0.3) is 0 Å². The summed E-state index contributed by atoms with van der Waals surface area (Å²) in [7, 11) is -2.53. The highest BCUT2D eigenvalue weighted by atomic mass is 29.3. The van der Waals surface area contributed by atoms with Gasteiger partial charge in [-0.15, -0.1) is 0 Å². The molecule has 1 rings (SSSR count). The Balaban J connectivity index is 3.07. The Morgan fingerprint density at radius 3 is 1.71 bits per heavy atom. The lowest BCUT2D eigenvalue weighted by atomic mass is 9.79. The lowest BCUT2D eigenvalue weighted by molar-refractivity contribution is -0.0127. The predicted molar refractivity (Wildman–Crippen MR) is 68.7 cm³/mol. The maximum absolute atomic E-state index is 6.49. The van der Waals surface area contributed by atoms with Crippen molar-refractivity contribution < 1.29 is 4.43 Å². The van der Waals surface area contributed by atoms with Gasteiger partial charge in [-0.05, 0) is 38.4 Å². The van der Waals surface area contributed by atoms with Crippen LogP contribution in [0.4, 0.5) is 0 Å². The molecule has 84 valence electrons. The zero-order valence-corrected chi connectivity index (χ0v) is 13.1. The van der Waals surface area contributed by atoms with Crippen LogP contribution in [0.15, 0.2) is 0 Å². The molecule has 1 nitrogen and oxygen atoms in total. The summed E-state index contributed by atoms with van der Waals surface area (Å²) in [5.74, 6) is 0. The maximum Gasteiger partial charge on any atom is 0.174 e. The van der Waals surface area contributed by atoms with Gasteiger partial charge in [0.2, 0.25) is 0 Å². The molecule has 0 aliphatic carbocycles. The first-order chi connectivity index (χ1) is 5.91. The fourth-order valence-electron chi connectivity index (χ4n) is 2.44. The van der Waals surface area contributed by atoms with Crippen LogP contribution in [-0.2, 0) is 4.43 Å². The number of rotatable bonds is 0. The first kappa shape index (κ1) is 12.5. The van der Waals surface area contributed by atoms with Crippen molar-refractivity contribution in [1.82, 2.24) is 0 Å². The van der Waals surface area contributed by atoms with Crippen LogP contribution in [0.1, 0.15) is 27.7 Å². The summed E-state index contributed by atoms with van der Waals surface area (Å²) in [5.41, 5.74) is 0.399. The standard InChI is InChI=1S/C11H26OSi2/c1-10(2)9-13(5,6)14(7,8)12-11(10,3)4/h9H2,1-8H3. The van der Waals surface area contributed by atoms with Gasteiger partial charge in [0.05, 0.1) is 13.2 Å². The summed E-state index contributed by atoms with van der Waals surface area (Å²) < 4.78 is 6.49. The van der Waals surface area contributed by atoms with Crippen LogP contribution in [0.3, 0.4) is 0 Å². The SMILES string of the molecule is CC1(C)C[Si](C)(C)[Si](C)(C)OC1(C)C. The molecule has 1 saturated heterocycles. The Morgan fingerprint density at radius 1 is 0.929 bits per heavy atom. The molecule has 0 amide bonds. The lowest BCUT2D eigenvalue weighted by Crippen LogP contribution is -2.69. The molecule has 0 aromatic rings. The van der Waals surface area contributed by atoms with E-state index in [0.717, 1.165) is 0 Å². The predicted octanol–water partition coefficient (Wildman–Crippen LogP) is 3.81. The fourth-order valence-corrected chi connectivity index (χ4v) is 11.5. The summed E-state index contributed by atoms with van der Waals surface area (Å²) in [5, 5.41) is 0. The van der Waals surface area contributed by atoms with Crippen LogP contribution in [-0.4, -0.2) is 21.0 Å². The van der Waals surface area contributed by atoms with Crippen molar-refractivity contribution in [2.75, 3.05) is 0 Å². The zero-order valence-electron chi connectivity index (χ0n) is 11.1. The summed E-state index contributed by atoms with van der Waals surface area (Å²) in [4.78, 5) is 0. The molecule has 0 saturated carbocycles. The summed E-state index contributed by atoms with van der Waals surface area (Å²) in [6.45, 7) is 19.1. The molecule has 0 aromatic heterocycles. The van der Waals surface area contributed by atoms with Gasteiger partial charge in [-0.3, -0.25) is 0 Å². The van der Waals surface area contributed by atoms with E-state index in [-0.39, 0.29) is 5.60 Å². The summed E-state index contributed by atoms with van der Waals surface area (Å²) in [6.07, 6.45) is 0. The largest absolute Gasteiger partial charge is 0.415 e. The van der Waals surface area contributed by atoms with Gasteiger partial charge in [0.25, 0.3) is 0 Å². The van der Waals surface area contributed by atoms with E-state index in [4.69, 9.17) is 4.43 Å².